The van der Waals surface area contributed by atoms with Gasteiger partial charge in [0.2, 0.25) is 0 Å². The van der Waals surface area contributed by atoms with Crippen LogP contribution in [0, 0.1) is 5.92 Å². The van der Waals surface area contributed by atoms with Crippen LogP contribution in [0.3, 0.4) is 0 Å². The van der Waals surface area contributed by atoms with E-state index in [0.717, 1.165) is 0 Å². The van der Waals surface area contributed by atoms with Gasteiger partial charge in [0.15, 0.2) is 5.06 Å². The van der Waals surface area contributed by atoms with Crippen LogP contribution in [0.5, 0.6) is 10.8 Å². The van der Waals surface area contributed by atoms with Gasteiger partial charge in [-0.3, -0.25) is 14.7 Å². The van der Waals surface area contributed by atoms with Crippen molar-refractivity contribution in [3.05, 3.63) is 41.5 Å². The fourth-order valence-corrected chi connectivity index (χ4v) is 4.57. The fraction of sp³-hybridized carbons (Fsp3) is 0.444. The molecule has 5 nitrogen and oxygen atoms in total. The van der Waals surface area contributed by atoms with Gasteiger partial charge in [-0.05, 0) is 63.0 Å². The fourth-order valence-electron chi connectivity index (χ4n) is 3.79. The molecule has 0 aromatic carbocycles. The molecule has 2 aromatic heterocycles. The van der Waals surface area contributed by atoms with Gasteiger partial charge >= 0.3 is 0 Å². The van der Waals surface area contributed by atoms with Gasteiger partial charge in [-0.15, -0.1) is 0 Å². The summed E-state index contributed by atoms with van der Waals surface area (Å²) in [6, 6.07) is 8.02. The van der Waals surface area contributed by atoms with Crippen LogP contribution in [0.1, 0.15) is 29.4 Å². The van der Waals surface area contributed by atoms with E-state index in [1.165, 1.54) is 37.3 Å². The second-order valence-corrected chi connectivity index (χ2v) is 7.57. The predicted octanol–water partition coefficient (Wildman–Crippen LogP) is 3.15. The Balaban J connectivity index is 1.42. The molecule has 0 aliphatic carbocycles. The van der Waals surface area contributed by atoms with Crippen LogP contribution >= 0.6 is 11.3 Å². The number of pyridine rings is 1. The van der Waals surface area contributed by atoms with Gasteiger partial charge in [-0.25, -0.2) is 0 Å². The molecule has 1 amide bonds. The zero-order valence-corrected chi connectivity index (χ0v) is 14.5. The average Bonchev–Trinajstić information content (AvgIpc) is 3.08. The molecule has 5 rings (SSSR count). The van der Waals surface area contributed by atoms with Crippen molar-refractivity contribution >= 4 is 17.2 Å². The number of piperidine rings is 3. The summed E-state index contributed by atoms with van der Waals surface area (Å²) in [4.78, 5) is 19.8. The second kappa shape index (κ2) is 6.53. The molecule has 3 fully saturated rings. The number of amides is 1. The molecule has 0 unspecified atom stereocenters. The normalized spacial score (nSPS) is 28.5. The molecule has 2 atom stereocenters. The summed E-state index contributed by atoms with van der Waals surface area (Å²) in [6.07, 6.45) is 5.74. The molecular formula is C18H21N3O2S. The van der Waals surface area contributed by atoms with Gasteiger partial charge < -0.3 is 10.1 Å². The van der Waals surface area contributed by atoms with Crippen molar-refractivity contribution in [1.82, 2.24) is 15.2 Å². The SMILES string of the molecule is C[C@H]1[C@H](NC(=O)c2ccc(Oc3cccnc3)s2)C2CCN1CC2. The zero-order chi connectivity index (χ0) is 16.5. The summed E-state index contributed by atoms with van der Waals surface area (Å²) in [5, 5.41) is 3.96. The summed E-state index contributed by atoms with van der Waals surface area (Å²) < 4.78 is 5.74. The van der Waals surface area contributed by atoms with Crippen LogP contribution in [0.15, 0.2) is 36.7 Å². The van der Waals surface area contributed by atoms with Crippen molar-refractivity contribution in [3.8, 4) is 10.8 Å². The number of hydrogen-bond acceptors (Lipinski definition) is 5. The van der Waals surface area contributed by atoms with E-state index in [9.17, 15) is 4.79 Å². The van der Waals surface area contributed by atoms with Crippen LogP contribution in [0.25, 0.3) is 0 Å². The minimum Gasteiger partial charge on any atom is -0.445 e. The Bertz CT molecular complexity index is 708. The number of aromatic nitrogens is 1. The molecule has 0 saturated carbocycles. The van der Waals surface area contributed by atoms with Crippen molar-refractivity contribution in [3.63, 3.8) is 0 Å². The average molecular weight is 343 g/mol. The first kappa shape index (κ1) is 15.6. The zero-order valence-electron chi connectivity index (χ0n) is 13.6. The molecule has 3 saturated heterocycles. The number of nitrogens with one attached hydrogen (secondary N) is 1. The maximum Gasteiger partial charge on any atom is 0.261 e. The van der Waals surface area contributed by atoms with Gasteiger partial charge in [0.05, 0.1) is 11.1 Å². The van der Waals surface area contributed by atoms with Crippen molar-refractivity contribution in [1.29, 1.82) is 0 Å². The van der Waals surface area contributed by atoms with E-state index < -0.39 is 0 Å². The molecule has 6 heteroatoms. The molecule has 3 aliphatic heterocycles. The lowest BCUT2D eigenvalue weighted by Gasteiger charge is -2.49. The Morgan fingerprint density at radius 2 is 2.17 bits per heavy atom. The number of fused-ring (bicyclic) bond motifs is 3. The summed E-state index contributed by atoms with van der Waals surface area (Å²) in [6.45, 7) is 4.56. The second-order valence-electron chi connectivity index (χ2n) is 6.52. The van der Waals surface area contributed by atoms with Gasteiger partial charge in [0, 0.05) is 18.3 Å². The predicted molar refractivity (Wildman–Crippen MR) is 93.6 cm³/mol. The molecule has 3 aliphatic rings. The van der Waals surface area contributed by atoms with E-state index in [4.69, 9.17) is 4.74 Å². The topological polar surface area (TPSA) is 54.5 Å². The molecule has 0 radical (unpaired) electrons. The molecule has 0 spiro atoms. The lowest BCUT2D eigenvalue weighted by atomic mass is 9.79. The van der Waals surface area contributed by atoms with Crippen LogP contribution in [-0.2, 0) is 0 Å². The highest BCUT2D eigenvalue weighted by Crippen LogP contribution is 2.33. The smallest absolute Gasteiger partial charge is 0.261 e. The number of thiophene rings is 1. The summed E-state index contributed by atoms with van der Waals surface area (Å²) in [5.74, 6) is 1.30. The lowest BCUT2D eigenvalue weighted by Crippen LogP contribution is -2.62. The number of hydrogen-bond donors (Lipinski definition) is 1. The van der Waals surface area contributed by atoms with Gasteiger partial charge in [-0.1, -0.05) is 11.3 Å². The van der Waals surface area contributed by atoms with Gasteiger partial charge in [0.1, 0.15) is 5.75 Å². The van der Waals surface area contributed by atoms with E-state index in [0.29, 0.717) is 27.6 Å². The van der Waals surface area contributed by atoms with E-state index >= 15 is 0 Å². The molecule has 5 heterocycles. The molecule has 2 aromatic rings. The maximum atomic E-state index is 12.6. The number of carbonyl (C=O) groups excluding carboxylic acids is 1. The van der Waals surface area contributed by atoms with Crippen molar-refractivity contribution in [2.45, 2.75) is 31.8 Å². The molecule has 126 valence electrons. The van der Waals surface area contributed by atoms with E-state index in [2.05, 4.69) is 22.1 Å². The Morgan fingerprint density at radius 3 is 2.88 bits per heavy atom. The Labute approximate surface area is 145 Å². The highest BCUT2D eigenvalue weighted by Gasteiger charge is 2.40. The third-order valence-corrected chi connectivity index (χ3v) is 6.10. The Hall–Kier alpha value is -1.92. The largest absolute Gasteiger partial charge is 0.445 e. The Kier molecular flexibility index (Phi) is 4.24. The molecule has 2 bridgehead atoms. The van der Waals surface area contributed by atoms with Crippen LogP contribution in [-0.4, -0.2) is 41.0 Å². The van der Waals surface area contributed by atoms with E-state index in [1.54, 1.807) is 12.4 Å². The van der Waals surface area contributed by atoms with Crippen LogP contribution in [0.2, 0.25) is 0 Å². The quantitative estimate of drug-likeness (QED) is 0.926. The molecule has 24 heavy (non-hydrogen) atoms. The molecular weight excluding hydrogens is 322 g/mol. The first-order chi connectivity index (χ1) is 11.7. The van der Waals surface area contributed by atoms with Crippen molar-refractivity contribution in [2.24, 2.45) is 5.92 Å². The van der Waals surface area contributed by atoms with E-state index in [1.807, 2.05) is 24.3 Å². The number of carbonyl (C=O) groups is 1. The highest BCUT2D eigenvalue weighted by molar-refractivity contribution is 7.15. The van der Waals surface area contributed by atoms with E-state index in [-0.39, 0.29) is 11.9 Å². The van der Waals surface area contributed by atoms with Crippen molar-refractivity contribution < 1.29 is 9.53 Å². The van der Waals surface area contributed by atoms with Gasteiger partial charge in [0.25, 0.3) is 5.91 Å². The minimum atomic E-state index is 0.00615. The number of rotatable bonds is 4. The van der Waals surface area contributed by atoms with Crippen LogP contribution < -0.4 is 10.1 Å². The Morgan fingerprint density at radius 1 is 1.33 bits per heavy atom. The highest BCUT2D eigenvalue weighted by atomic mass is 32.1. The summed E-state index contributed by atoms with van der Waals surface area (Å²) in [5.41, 5.74) is 0. The first-order valence-corrected chi connectivity index (χ1v) is 9.25. The minimum absolute atomic E-state index is 0.00615. The number of nitrogens with zero attached hydrogens (tertiary/aromatic N) is 2. The number of ether oxygens (including phenoxy) is 1. The third kappa shape index (κ3) is 3.03. The lowest BCUT2D eigenvalue weighted by molar-refractivity contribution is 0.0218. The van der Waals surface area contributed by atoms with Crippen LogP contribution in [0.4, 0.5) is 0 Å². The first-order valence-electron chi connectivity index (χ1n) is 8.43. The third-order valence-electron chi connectivity index (χ3n) is 5.13. The standard InChI is InChI=1S/C18H21N3O2S/c1-12-17(13-6-9-21(12)10-7-13)20-18(22)15-4-5-16(24-15)23-14-3-2-8-19-11-14/h2-5,8,11-13,17H,6-7,9-10H2,1H3,(H,20,22)/t12-,17-/m0/s1. The summed E-state index contributed by atoms with van der Waals surface area (Å²) >= 11 is 1.37. The van der Waals surface area contributed by atoms with Crippen molar-refractivity contribution in [2.75, 3.05) is 13.1 Å². The summed E-state index contributed by atoms with van der Waals surface area (Å²) in [7, 11) is 0. The molecule has 1 N–H and O–H groups in total. The monoisotopic (exact) mass is 343 g/mol. The maximum absolute atomic E-state index is 12.6. The van der Waals surface area contributed by atoms with Gasteiger partial charge in [-0.2, -0.15) is 0 Å².